The molecule has 21 heavy (non-hydrogen) atoms. The summed E-state index contributed by atoms with van der Waals surface area (Å²) in [6.45, 7) is 3.82. The van der Waals surface area contributed by atoms with Gasteiger partial charge in [0.1, 0.15) is 0 Å². The molecular formula is C15H17IN2O3. The number of nitrogens with zero attached hydrogens (tertiary/aromatic N) is 1. The van der Waals surface area contributed by atoms with Gasteiger partial charge in [-0.25, -0.2) is 9.59 Å². The number of carbonyl (C=O) groups is 2. The van der Waals surface area contributed by atoms with Crippen molar-refractivity contribution in [2.24, 2.45) is 0 Å². The van der Waals surface area contributed by atoms with Gasteiger partial charge in [-0.3, -0.25) is 0 Å². The summed E-state index contributed by atoms with van der Waals surface area (Å²) < 4.78 is 6.23. The van der Waals surface area contributed by atoms with Crippen molar-refractivity contribution in [1.29, 1.82) is 0 Å². The number of hydrogen-bond donors (Lipinski definition) is 1. The lowest BCUT2D eigenvalue weighted by molar-refractivity contribution is -0.139. The van der Waals surface area contributed by atoms with Crippen LogP contribution in [0, 0.1) is 3.57 Å². The molecule has 1 aliphatic rings. The number of esters is 1. The first kappa shape index (κ1) is 15.8. The highest BCUT2D eigenvalue weighted by molar-refractivity contribution is 14.1. The van der Waals surface area contributed by atoms with Crippen molar-refractivity contribution in [2.45, 2.75) is 19.9 Å². The van der Waals surface area contributed by atoms with E-state index in [0.29, 0.717) is 17.9 Å². The Morgan fingerprint density at radius 1 is 1.38 bits per heavy atom. The average molecular weight is 400 g/mol. The fraction of sp³-hybridized carbons (Fsp3) is 0.333. The minimum absolute atomic E-state index is 0.232. The van der Waals surface area contributed by atoms with E-state index >= 15 is 0 Å². The van der Waals surface area contributed by atoms with E-state index in [2.05, 4.69) is 27.9 Å². The van der Waals surface area contributed by atoms with E-state index in [1.807, 2.05) is 24.3 Å². The van der Waals surface area contributed by atoms with Crippen molar-refractivity contribution in [3.05, 3.63) is 44.7 Å². The first-order valence-corrected chi connectivity index (χ1v) is 7.71. The number of halogens is 1. The van der Waals surface area contributed by atoms with Crippen LogP contribution in [0.5, 0.6) is 0 Å². The van der Waals surface area contributed by atoms with Gasteiger partial charge >= 0.3 is 12.0 Å². The first-order valence-electron chi connectivity index (χ1n) is 6.63. The maximum Gasteiger partial charge on any atom is 0.338 e. The number of rotatable bonds is 3. The fourth-order valence-corrected chi connectivity index (χ4v) is 2.57. The van der Waals surface area contributed by atoms with Crippen LogP contribution in [-0.4, -0.2) is 30.6 Å². The third-order valence-corrected chi connectivity index (χ3v) is 4.17. The number of nitrogens with one attached hydrogen (secondary N) is 1. The molecule has 1 atom stereocenters. The predicted octanol–water partition coefficient (Wildman–Crippen LogP) is 2.82. The summed E-state index contributed by atoms with van der Waals surface area (Å²) in [5.74, 6) is -0.398. The smallest absolute Gasteiger partial charge is 0.338 e. The molecule has 1 aromatic rings. The molecule has 0 aliphatic carbocycles. The topological polar surface area (TPSA) is 58.6 Å². The lowest BCUT2D eigenvalue weighted by atomic mass is 9.95. The van der Waals surface area contributed by atoms with Crippen LogP contribution in [0.2, 0.25) is 0 Å². The summed E-state index contributed by atoms with van der Waals surface area (Å²) >= 11 is 2.21. The Labute approximate surface area is 137 Å². The van der Waals surface area contributed by atoms with Gasteiger partial charge in [-0.05, 0) is 54.1 Å². The Bertz CT molecular complexity index is 595. The summed E-state index contributed by atoms with van der Waals surface area (Å²) in [6, 6.07) is 6.99. The minimum atomic E-state index is -0.482. The highest BCUT2D eigenvalue weighted by Crippen LogP contribution is 2.30. The molecule has 0 bridgehead atoms. The molecule has 1 N–H and O–H groups in total. The van der Waals surface area contributed by atoms with Crippen molar-refractivity contribution in [2.75, 3.05) is 13.7 Å². The zero-order valence-corrected chi connectivity index (χ0v) is 14.3. The van der Waals surface area contributed by atoms with E-state index in [9.17, 15) is 9.59 Å². The van der Waals surface area contributed by atoms with Gasteiger partial charge in [-0.1, -0.05) is 12.1 Å². The molecule has 0 fully saturated rings. The molecule has 0 spiro atoms. The van der Waals surface area contributed by atoms with Gasteiger partial charge in [0.15, 0.2) is 0 Å². The molecule has 1 heterocycles. The molecule has 6 heteroatoms. The number of benzene rings is 1. The monoisotopic (exact) mass is 400 g/mol. The summed E-state index contributed by atoms with van der Waals surface area (Å²) in [7, 11) is 1.63. The highest BCUT2D eigenvalue weighted by atomic mass is 127. The predicted molar refractivity (Wildman–Crippen MR) is 87.5 cm³/mol. The van der Waals surface area contributed by atoms with Crippen LogP contribution in [0.4, 0.5) is 4.79 Å². The van der Waals surface area contributed by atoms with E-state index in [-0.39, 0.29) is 6.03 Å². The number of carbonyl (C=O) groups excluding carboxylic acids is 2. The lowest BCUT2D eigenvalue weighted by Gasteiger charge is -2.33. The zero-order chi connectivity index (χ0) is 15.6. The molecule has 2 amide bonds. The van der Waals surface area contributed by atoms with E-state index in [0.717, 1.165) is 9.13 Å². The SMILES string of the molecule is CCOC(=O)C1=C(C)N(C)C(=O)N[C@H]1c1ccc(I)cc1. The van der Waals surface area contributed by atoms with Gasteiger partial charge < -0.3 is 15.0 Å². The molecule has 2 rings (SSSR count). The second-order valence-corrected chi connectivity index (χ2v) is 5.96. The number of hydrogen-bond acceptors (Lipinski definition) is 3. The van der Waals surface area contributed by atoms with Crippen LogP contribution in [-0.2, 0) is 9.53 Å². The third-order valence-electron chi connectivity index (χ3n) is 3.45. The van der Waals surface area contributed by atoms with E-state index in [4.69, 9.17) is 4.74 Å². The summed E-state index contributed by atoms with van der Waals surface area (Å²) in [5, 5.41) is 2.85. The largest absolute Gasteiger partial charge is 0.463 e. The lowest BCUT2D eigenvalue weighted by Crippen LogP contribution is -2.46. The van der Waals surface area contributed by atoms with E-state index < -0.39 is 12.0 Å². The molecule has 0 saturated heterocycles. The summed E-state index contributed by atoms with van der Waals surface area (Å²) in [6.07, 6.45) is 0. The highest BCUT2D eigenvalue weighted by Gasteiger charge is 2.34. The van der Waals surface area contributed by atoms with Crippen LogP contribution in [0.15, 0.2) is 35.5 Å². The number of ether oxygens (including phenoxy) is 1. The molecular weight excluding hydrogens is 383 g/mol. The Morgan fingerprint density at radius 2 is 2.00 bits per heavy atom. The second-order valence-electron chi connectivity index (χ2n) is 4.71. The zero-order valence-electron chi connectivity index (χ0n) is 12.1. The molecule has 5 nitrogen and oxygen atoms in total. The Morgan fingerprint density at radius 3 is 2.57 bits per heavy atom. The summed E-state index contributed by atoms with van der Waals surface area (Å²) in [5.41, 5.74) is 1.94. The normalized spacial score (nSPS) is 18.6. The van der Waals surface area contributed by atoms with Gasteiger partial charge in [0.2, 0.25) is 0 Å². The maximum absolute atomic E-state index is 12.3. The average Bonchev–Trinajstić information content (AvgIpc) is 2.45. The second kappa shape index (κ2) is 6.46. The molecule has 0 aromatic heterocycles. The molecule has 112 valence electrons. The van der Waals surface area contributed by atoms with Gasteiger partial charge in [0.05, 0.1) is 18.2 Å². The standard InChI is InChI=1S/C15H17IN2O3/c1-4-21-14(19)12-9(2)18(3)15(20)17-13(12)10-5-7-11(16)8-6-10/h5-8,13H,4H2,1-3H3,(H,17,20)/t13-/m0/s1. The molecule has 0 unspecified atom stereocenters. The minimum Gasteiger partial charge on any atom is -0.463 e. The Hall–Kier alpha value is -1.57. The molecule has 0 radical (unpaired) electrons. The number of amides is 2. The first-order chi connectivity index (χ1) is 9.95. The molecule has 1 aliphatic heterocycles. The third kappa shape index (κ3) is 3.20. The molecule has 1 aromatic carbocycles. The van der Waals surface area contributed by atoms with Gasteiger partial charge in [0.25, 0.3) is 0 Å². The van der Waals surface area contributed by atoms with Crippen molar-refractivity contribution >= 4 is 34.6 Å². The maximum atomic E-state index is 12.3. The van der Waals surface area contributed by atoms with Crippen molar-refractivity contribution in [3.63, 3.8) is 0 Å². The quantitative estimate of drug-likeness (QED) is 0.627. The van der Waals surface area contributed by atoms with Crippen molar-refractivity contribution in [3.8, 4) is 0 Å². The Balaban J connectivity index is 2.48. The fourth-order valence-electron chi connectivity index (χ4n) is 2.21. The van der Waals surface area contributed by atoms with E-state index in [1.54, 1.807) is 20.9 Å². The van der Waals surface area contributed by atoms with Crippen LogP contribution < -0.4 is 5.32 Å². The summed E-state index contributed by atoms with van der Waals surface area (Å²) in [4.78, 5) is 25.7. The van der Waals surface area contributed by atoms with Crippen LogP contribution in [0.1, 0.15) is 25.5 Å². The number of urea groups is 1. The van der Waals surface area contributed by atoms with Gasteiger partial charge in [-0.15, -0.1) is 0 Å². The van der Waals surface area contributed by atoms with E-state index in [1.165, 1.54) is 4.90 Å². The molecule has 0 saturated carbocycles. The van der Waals surface area contributed by atoms with Crippen molar-refractivity contribution in [1.82, 2.24) is 10.2 Å². The number of allylic oxidation sites excluding steroid dienone is 1. The van der Waals surface area contributed by atoms with Gasteiger partial charge in [-0.2, -0.15) is 0 Å². The Kier molecular flexibility index (Phi) is 4.87. The van der Waals surface area contributed by atoms with Crippen molar-refractivity contribution < 1.29 is 14.3 Å². The van der Waals surface area contributed by atoms with Crippen LogP contribution >= 0.6 is 22.6 Å². The van der Waals surface area contributed by atoms with Crippen LogP contribution in [0.3, 0.4) is 0 Å². The van der Waals surface area contributed by atoms with Gasteiger partial charge in [0, 0.05) is 16.3 Å². The van der Waals surface area contributed by atoms with Crippen LogP contribution in [0.25, 0.3) is 0 Å².